The highest BCUT2D eigenvalue weighted by molar-refractivity contribution is 6.32. The van der Waals surface area contributed by atoms with Gasteiger partial charge in [0, 0.05) is 11.5 Å². The molecule has 1 aliphatic heterocycles. The second-order valence-electron chi connectivity index (χ2n) is 8.28. The van der Waals surface area contributed by atoms with Gasteiger partial charge in [0.05, 0.1) is 33.7 Å². The Hall–Kier alpha value is -2.91. The molecule has 2 aromatic rings. The van der Waals surface area contributed by atoms with E-state index in [1.165, 1.54) is 25.7 Å². The summed E-state index contributed by atoms with van der Waals surface area (Å²) in [6.45, 7) is 0. The number of carboxylic acids is 1. The monoisotopic (exact) mass is 420 g/mol. The number of anilines is 1. The molecule has 5 rings (SSSR count). The summed E-state index contributed by atoms with van der Waals surface area (Å²) in [5, 5.41) is 26.1. The molecule has 0 spiro atoms. The number of halogens is 1. The summed E-state index contributed by atoms with van der Waals surface area (Å²) >= 11 is 6.33. The van der Waals surface area contributed by atoms with E-state index in [9.17, 15) is 15.2 Å². The Morgan fingerprint density at radius 3 is 2.70 bits per heavy atom. The number of hydrogen-bond acceptors (Lipinski definition) is 5. The number of carboxylic acid groups (broad SMARTS) is 1. The van der Waals surface area contributed by atoms with E-state index in [2.05, 4.69) is 16.1 Å². The second-order valence-corrected chi connectivity index (χ2v) is 8.69. The van der Waals surface area contributed by atoms with Crippen LogP contribution in [0.25, 0.3) is 0 Å². The SMILES string of the molecule is N#Cc1ccc(N2N=C3c4ccc(C(=O)O)nc4CC[C@@H]3[C@@H]2C2CCCC2)cc1Cl. The number of aromatic nitrogens is 1. The van der Waals surface area contributed by atoms with Crippen molar-refractivity contribution in [2.75, 3.05) is 5.01 Å². The Morgan fingerprint density at radius 1 is 1.20 bits per heavy atom. The maximum atomic E-state index is 11.3. The third-order valence-corrected chi connectivity index (χ3v) is 6.96. The molecule has 152 valence electrons. The van der Waals surface area contributed by atoms with E-state index in [-0.39, 0.29) is 17.7 Å². The van der Waals surface area contributed by atoms with Crippen LogP contribution in [0.15, 0.2) is 35.4 Å². The van der Waals surface area contributed by atoms with Crippen LogP contribution in [0.5, 0.6) is 0 Å². The summed E-state index contributed by atoms with van der Waals surface area (Å²) in [4.78, 5) is 15.7. The zero-order chi connectivity index (χ0) is 20.8. The standard InChI is InChI=1S/C23H21ClN4O2/c24-18-11-15(6-5-14(18)12-25)28-22(13-3-1-2-4-13)17-8-9-19-16(21(17)27-28)7-10-20(26-19)23(29)30/h5-7,10-11,13,17,22H,1-4,8-9H2,(H,29,30)/t17-,22-/m0/s1. The molecule has 0 saturated heterocycles. The largest absolute Gasteiger partial charge is 0.477 e. The summed E-state index contributed by atoms with van der Waals surface area (Å²) in [6.07, 6.45) is 6.52. The van der Waals surface area contributed by atoms with Gasteiger partial charge in [0.1, 0.15) is 11.8 Å². The molecule has 1 aromatic carbocycles. The molecule has 1 fully saturated rings. The zero-order valence-electron chi connectivity index (χ0n) is 16.4. The molecule has 7 heteroatoms. The van der Waals surface area contributed by atoms with Crippen LogP contribution >= 0.6 is 11.6 Å². The van der Waals surface area contributed by atoms with Gasteiger partial charge in [-0.15, -0.1) is 0 Å². The molecule has 0 unspecified atom stereocenters. The fraction of sp³-hybridized carbons (Fsp3) is 0.391. The van der Waals surface area contributed by atoms with E-state index in [1.807, 2.05) is 18.2 Å². The number of aromatic carboxylic acids is 1. The lowest BCUT2D eigenvalue weighted by molar-refractivity contribution is 0.0690. The minimum atomic E-state index is -1.01. The number of aryl methyl sites for hydroxylation is 1. The summed E-state index contributed by atoms with van der Waals surface area (Å²) in [5.74, 6) is -0.170. The average molecular weight is 421 g/mol. The molecule has 0 radical (unpaired) electrons. The van der Waals surface area contributed by atoms with Gasteiger partial charge in [0.2, 0.25) is 0 Å². The molecule has 1 N–H and O–H groups in total. The molecule has 1 aromatic heterocycles. The van der Waals surface area contributed by atoms with Gasteiger partial charge < -0.3 is 5.11 Å². The van der Waals surface area contributed by atoms with Gasteiger partial charge in [-0.1, -0.05) is 24.4 Å². The number of hydrogen-bond donors (Lipinski definition) is 1. The van der Waals surface area contributed by atoms with E-state index in [1.54, 1.807) is 12.1 Å². The van der Waals surface area contributed by atoms with Crippen LogP contribution in [-0.2, 0) is 6.42 Å². The third-order valence-electron chi connectivity index (χ3n) is 6.64. The molecule has 0 bridgehead atoms. The van der Waals surface area contributed by atoms with Gasteiger partial charge in [-0.2, -0.15) is 10.4 Å². The lowest BCUT2D eigenvalue weighted by atomic mass is 9.76. The Bertz CT molecular complexity index is 1100. The Labute approximate surface area is 179 Å². The predicted molar refractivity (Wildman–Crippen MR) is 114 cm³/mol. The molecule has 2 atom stereocenters. The first-order chi connectivity index (χ1) is 14.6. The van der Waals surface area contributed by atoms with Crippen molar-refractivity contribution in [3.8, 4) is 6.07 Å². The highest BCUT2D eigenvalue weighted by Gasteiger charge is 2.46. The minimum Gasteiger partial charge on any atom is -0.477 e. The van der Waals surface area contributed by atoms with E-state index >= 15 is 0 Å². The maximum absolute atomic E-state index is 11.3. The number of nitriles is 1. The fourth-order valence-electron chi connectivity index (χ4n) is 5.28. The zero-order valence-corrected chi connectivity index (χ0v) is 17.1. The first kappa shape index (κ1) is 19.1. The molecule has 3 aliphatic rings. The molecule has 2 aliphatic carbocycles. The normalized spacial score (nSPS) is 22.9. The van der Waals surface area contributed by atoms with E-state index < -0.39 is 5.97 Å². The highest BCUT2D eigenvalue weighted by Crippen LogP contribution is 2.44. The number of benzene rings is 1. The Kier molecular flexibility index (Phi) is 4.71. The van der Waals surface area contributed by atoms with Crippen LogP contribution in [0.3, 0.4) is 0 Å². The van der Waals surface area contributed by atoms with Crippen molar-refractivity contribution in [1.29, 1.82) is 5.26 Å². The van der Waals surface area contributed by atoms with E-state index in [4.69, 9.17) is 16.7 Å². The second kappa shape index (κ2) is 7.41. The average Bonchev–Trinajstić information content (AvgIpc) is 3.40. The van der Waals surface area contributed by atoms with Gasteiger partial charge in [-0.25, -0.2) is 9.78 Å². The summed E-state index contributed by atoms with van der Waals surface area (Å²) in [7, 11) is 0. The maximum Gasteiger partial charge on any atom is 0.354 e. The number of fused-ring (bicyclic) bond motifs is 3. The highest BCUT2D eigenvalue weighted by atomic mass is 35.5. The fourth-order valence-corrected chi connectivity index (χ4v) is 5.50. The van der Waals surface area contributed by atoms with Crippen molar-refractivity contribution in [3.63, 3.8) is 0 Å². The van der Waals surface area contributed by atoms with Crippen molar-refractivity contribution in [2.24, 2.45) is 16.9 Å². The number of nitrogens with zero attached hydrogens (tertiary/aromatic N) is 4. The summed E-state index contributed by atoms with van der Waals surface area (Å²) < 4.78 is 0. The predicted octanol–water partition coefficient (Wildman–Crippen LogP) is 4.65. The number of rotatable bonds is 3. The molecule has 30 heavy (non-hydrogen) atoms. The summed E-state index contributed by atoms with van der Waals surface area (Å²) in [6, 6.07) is 11.3. The molecular weight excluding hydrogens is 400 g/mol. The number of pyridine rings is 1. The van der Waals surface area contributed by atoms with Crippen LogP contribution in [0, 0.1) is 23.2 Å². The van der Waals surface area contributed by atoms with E-state index in [0.717, 1.165) is 35.5 Å². The molecule has 1 saturated carbocycles. The lowest BCUT2D eigenvalue weighted by Gasteiger charge is -2.34. The van der Waals surface area contributed by atoms with Crippen molar-refractivity contribution in [3.05, 3.63) is 57.9 Å². The molecule has 0 amide bonds. The van der Waals surface area contributed by atoms with Gasteiger partial charge >= 0.3 is 5.97 Å². The molecule has 2 heterocycles. The van der Waals surface area contributed by atoms with Crippen LogP contribution in [0.1, 0.15) is 59.4 Å². The first-order valence-corrected chi connectivity index (χ1v) is 10.8. The third kappa shape index (κ3) is 3.05. The van der Waals surface area contributed by atoms with Crippen LogP contribution in [0.4, 0.5) is 5.69 Å². The minimum absolute atomic E-state index is 0.0777. The number of hydrazone groups is 1. The Morgan fingerprint density at radius 2 is 2.00 bits per heavy atom. The quantitative estimate of drug-likeness (QED) is 0.780. The van der Waals surface area contributed by atoms with Crippen LogP contribution < -0.4 is 5.01 Å². The van der Waals surface area contributed by atoms with Crippen LogP contribution in [-0.4, -0.2) is 27.8 Å². The lowest BCUT2D eigenvalue weighted by Crippen LogP contribution is -2.40. The molecular formula is C23H21ClN4O2. The first-order valence-electron chi connectivity index (χ1n) is 10.4. The molecule has 6 nitrogen and oxygen atoms in total. The van der Waals surface area contributed by atoms with Gasteiger partial charge in [0.25, 0.3) is 0 Å². The van der Waals surface area contributed by atoms with E-state index in [0.29, 0.717) is 16.5 Å². The van der Waals surface area contributed by atoms with Crippen molar-refractivity contribution < 1.29 is 9.90 Å². The van der Waals surface area contributed by atoms with Crippen LogP contribution in [0.2, 0.25) is 5.02 Å². The van der Waals surface area contributed by atoms with Gasteiger partial charge in [-0.05, 0) is 61.9 Å². The van der Waals surface area contributed by atoms with Crippen molar-refractivity contribution in [2.45, 2.75) is 44.6 Å². The summed E-state index contributed by atoms with van der Waals surface area (Å²) in [5.41, 5.74) is 4.20. The van der Waals surface area contributed by atoms with Crippen molar-refractivity contribution in [1.82, 2.24) is 4.98 Å². The van der Waals surface area contributed by atoms with Gasteiger partial charge in [0.15, 0.2) is 0 Å². The van der Waals surface area contributed by atoms with Crippen molar-refractivity contribution >= 4 is 29.0 Å². The van der Waals surface area contributed by atoms with Gasteiger partial charge in [-0.3, -0.25) is 5.01 Å². The Balaban J connectivity index is 1.59. The topological polar surface area (TPSA) is 89.6 Å². The number of carbonyl (C=O) groups is 1. The smallest absolute Gasteiger partial charge is 0.354 e.